The van der Waals surface area contributed by atoms with E-state index in [-0.39, 0.29) is 78.5 Å². The van der Waals surface area contributed by atoms with Crippen LogP contribution in [0.4, 0.5) is 0 Å². The van der Waals surface area contributed by atoms with Gasteiger partial charge in [0.15, 0.2) is 11.5 Å². The summed E-state index contributed by atoms with van der Waals surface area (Å²) >= 11 is 0. The predicted molar refractivity (Wildman–Crippen MR) is 161 cm³/mol. The summed E-state index contributed by atoms with van der Waals surface area (Å²) in [6, 6.07) is 8.21. The van der Waals surface area contributed by atoms with Crippen LogP contribution in [0.25, 0.3) is 6.08 Å². The molecular weight excluding hydrogens is 592 g/mol. The van der Waals surface area contributed by atoms with Gasteiger partial charge in [-0.05, 0) is 36.4 Å². The summed E-state index contributed by atoms with van der Waals surface area (Å²) in [6.45, 7) is 10.6. The summed E-state index contributed by atoms with van der Waals surface area (Å²) in [5.41, 5.74) is 0.553. The van der Waals surface area contributed by atoms with E-state index >= 15 is 0 Å². The van der Waals surface area contributed by atoms with Crippen LogP contribution < -0.4 is 18.9 Å². The van der Waals surface area contributed by atoms with Crippen molar-refractivity contribution in [3.8, 4) is 28.7 Å². The van der Waals surface area contributed by atoms with Crippen LogP contribution in [0.15, 0.2) is 78.9 Å². The fourth-order valence-corrected chi connectivity index (χ4v) is 3.30. The van der Waals surface area contributed by atoms with E-state index in [2.05, 4.69) is 19.7 Å². The molecule has 0 fully saturated rings. The van der Waals surface area contributed by atoms with Crippen LogP contribution in [0.3, 0.4) is 0 Å². The minimum absolute atomic E-state index is 0.0175. The van der Waals surface area contributed by atoms with Gasteiger partial charge in [0.25, 0.3) is 0 Å². The van der Waals surface area contributed by atoms with E-state index in [0.29, 0.717) is 5.56 Å². The number of aromatic hydroxyl groups is 1. The molecule has 2 aromatic rings. The zero-order valence-corrected chi connectivity index (χ0v) is 25.2. The molecule has 0 saturated heterocycles. The summed E-state index contributed by atoms with van der Waals surface area (Å²) in [7, 11) is 4.21. The third-order valence-corrected chi connectivity index (χ3v) is 5.41. The van der Waals surface area contributed by atoms with Crippen LogP contribution in [0.5, 0.6) is 28.7 Å². The molecule has 13 heteroatoms. The molecule has 1 unspecified atom stereocenters. The minimum Gasteiger partial charge on any atom is -0.508 e. The average Bonchev–Trinajstić information content (AvgIpc) is 3.00. The third-order valence-electron chi connectivity index (χ3n) is 5.41. The number of phenolic OH excluding ortho intramolecular Hbond substituents is 1. The molecule has 2 rings (SSSR count). The summed E-state index contributed by atoms with van der Waals surface area (Å²) in [5, 5.41) is 20.4. The maximum absolute atomic E-state index is 12.5. The Kier molecular flexibility index (Phi) is 15.0. The van der Waals surface area contributed by atoms with Gasteiger partial charge in [0.2, 0.25) is 6.29 Å². The highest BCUT2D eigenvalue weighted by Gasteiger charge is 2.17. The van der Waals surface area contributed by atoms with Crippen LogP contribution in [0.1, 0.15) is 5.56 Å². The zero-order chi connectivity index (χ0) is 33.4. The fourth-order valence-electron chi connectivity index (χ4n) is 3.30. The summed E-state index contributed by atoms with van der Waals surface area (Å²) in [4.78, 5) is 36.6. The van der Waals surface area contributed by atoms with Crippen molar-refractivity contribution in [3.05, 3.63) is 84.5 Å². The maximum Gasteiger partial charge on any atom is 0.341 e. The Morgan fingerprint density at radius 2 is 1.33 bits per heavy atom. The summed E-state index contributed by atoms with van der Waals surface area (Å²) in [5.74, 6) is -2.35. The van der Waals surface area contributed by atoms with Crippen LogP contribution in [-0.2, 0) is 33.3 Å². The Labute approximate surface area is 260 Å². The number of hydrogen-bond donors (Lipinski definition) is 2. The predicted octanol–water partition coefficient (Wildman–Crippen LogP) is 3.14. The molecule has 0 aliphatic heterocycles. The van der Waals surface area contributed by atoms with E-state index in [0.717, 1.165) is 6.07 Å². The lowest BCUT2D eigenvalue weighted by molar-refractivity contribution is -0.140. The highest BCUT2D eigenvalue weighted by atomic mass is 16.6. The second-order valence-corrected chi connectivity index (χ2v) is 9.07. The van der Waals surface area contributed by atoms with Crippen LogP contribution in [0.2, 0.25) is 0 Å². The van der Waals surface area contributed by atoms with Gasteiger partial charge in [0, 0.05) is 39.0 Å². The van der Waals surface area contributed by atoms with Gasteiger partial charge in [-0.1, -0.05) is 19.7 Å². The number of aliphatic hydroxyl groups is 1. The largest absolute Gasteiger partial charge is 0.508 e. The molecule has 0 radical (unpaired) electrons. The molecule has 2 N–H and O–H groups in total. The minimum atomic E-state index is -1.58. The van der Waals surface area contributed by atoms with Crippen molar-refractivity contribution >= 4 is 24.0 Å². The molecule has 0 bridgehead atoms. The molecule has 45 heavy (non-hydrogen) atoms. The van der Waals surface area contributed by atoms with Gasteiger partial charge < -0.3 is 48.1 Å². The normalized spacial score (nSPS) is 11.4. The molecule has 0 aliphatic rings. The van der Waals surface area contributed by atoms with Crippen molar-refractivity contribution in [2.45, 2.75) is 6.29 Å². The highest BCUT2D eigenvalue weighted by molar-refractivity contribution is 5.91. The first-order valence-corrected chi connectivity index (χ1v) is 13.2. The molecule has 1 atom stereocenters. The third kappa shape index (κ3) is 12.3. The number of phenols is 1. The van der Waals surface area contributed by atoms with Crippen LogP contribution >= 0.6 is 0 Å². The second-order valence-electron chi connectivity index (χ2n) is 9.07. The van der Waals surface area contributed by atoms with Crippen molar-refractivity contribution in [2.75, 3.05) is 54.4 Å². The van der Waals surface area contributed by atoms with Crippen LogP contribution in [-0.4, -0.2) is 88.8 Å². The van der Waals surface area contributed by atoms with Gasteiger partial charge in [0.1, 0.15) is 30.5 Å². The SMILES string of the molecule is C=C(COC)C(=O)OCCOc1ccc(/C=C/C(O)Oc2ccc(O)cc2OC(=O)C(=C)COC)c(OC(=O)C(=C)COC)c1. The number of aliphatic hydroxyl groups excluding tert-OH is 1. The standard InChI is InChI=1S/C32H36O13/c1-20(17-38-4)30(35)42-14-13-41-25-10-7-23(27(16-25)44-31(36)21(2)18-39-5)8-12-29(34)43-26-11-9-24(33)15-28(26)45-32(37)22(3)19-40-6/h7-12,15-16,29,33-34H,1-3,13-14,17-19H2,4-6H3/b12-8+. The van der Waals surface area contributed by atoms with E-state index in [9.17, 15) is 24.6 Å². The van der Waals surface area contributed by atoms with Crippen molar-refractivity contribution in [1.29, 1.82) is 0 Å². The Balaban J connectivity index is 2.20. The molecule has 0 saturated carbocycles. The number of rotatable bonds is 19. The van der Waals surface area contributed by atoms with Gasteiger partial charge in [0.05, 0.1) is 36.5 Å². The van der Waals surface area contributed by atoms with Gasteiger partial charge in [-0.3, -0.25) is 0 Å². The van der Waals surface area contributed by atoms with E-state index in [1.807, 2.05) is 0 Å². The van der Waals surface area contributed by atoms with E-state index < -0.39 is 24.2 Å². The van der Waals surface area contributed by atoms with Gasteiger partial charge in [-0.15, -0.1) is 0 Å². The van der Waals surface area contributed by atoms with Crippen LogP contribution in [0, 0.1) is 0 Å². The molecule has 0 aromatic heterocycles. The molecule has 0 aliphatic carbocycles. The molecule has 0 heterocycles. The summed E-state index contributed by atoms with van der Waals surface area (Å²) in [6.07, 6.45) is 1.05. The number of esters is 3. The average molecular weight is 629 g/mol. The van der Waals surface area contributed by atoms with Gasteiger partial charge in [-0.2, -0.15) is 0 Å². The lowest BCUT2D eigenvalue weighted by Gasteiger charge is -2.15. The zero-order valence-electron chi connectivity index (χ0n) is 25.2. The van der Waals surface area contributed by atoms with Crippen molar-refractivity contribution < 1.29 is 62.5 Å². The number of methoxy groups -OCH3 is 3. The number of carbonyl (C=O) groups is 3. The number of ether oxygens (including phenoxy) is 8. The number of carbonyl (C=O) groups excluding carboxylic acids is 3. The van der Waals surface area contributed by atoms with Crippen molar-refractivity contribution in [3.63, 3.8) is 0 Å². The Morgan fingerprint density at radius 1 is 0.756 bits per heavy atom. The summed E-state index contributed by atoms with van der Waals surface area (Å²) < 4.78 is 41.5. The topological polar surface area (TPSA) is 166 Å². The fraction of sp³-hybridized carbons (Fsp3) is 0.281. The molecule has 2 aromatic carbocycles. The molecule has 0 spiro atoms. The Morgan fingerprint density at radius 3 is 1.93 bits per heavy atom. The molecule has 242 valence electrons. The lowest BCUT2D eigenvalue weighted by Crippen LogP contribution is -2.17. The smallest absolute Gasteiger partial charge is 0.341 e. The first-order chi connectivity index (χ1) is 21.5. The van der Waals surface area contributed by atoms with Gasteiger partial charge >= 0.3 is 17.9 Å². The van der Waals surface area contributed by atoms with Crippen molar-refractivity contribution in [2.24, 2.45) is 0 Å². The highest BCUT2D eigenvalue weighted by Crippen LogP contribution is 2.33. The molecule has 0 amide bonds. The number of benzene rings is 2. The maximum atomic E-state index is 12.5. The van der Waals surface area contributed by atoms with E-state index in [4.69, 9.17) is 37.9 Å². The lowest BCUT2D eigenvalue weighted by atomic mass is 10.1. The number of hydrogen-bond acceptors (Lipinski definition) is 13. The monoisotopic (exact) mass is 628 g/mol. The first kappa shape index (κ1) is 36.2. The molecule has 13 nitrogen and oxygen atoms in total. The second kappa shape index (κ2) is 18.7. The molecular formula is C32H36O13. The Bertz CT molecular complexity index is 1410. The van der Waals surface area contributed by atoms with Gasteiger partial charge in [-0.25, -0.2) is 14.4 Å². The van der Waals surface area contributed by atoms with E-state index in [1.165, 1.54) is 51.7 Å². The van der Waals surface area contributed by atoms with E-state index in [1.54, 1.807) is 12.1 Å². The first-order valence-electron chi connectivity index (χ1n) is 13.2. The quantitative estimate of drug-likeness (QED) is 0.0767. The Hall–Kier alpha value is -4.95. The van der Waals surface area contributed by atoms with Crippen molar-refractivity contribution in [1.82, 2.24) is 0 Å².